The van der Waals surface area contributed by atoms with Crippen LogP contribution in [-0.4, -0.2) is 48.7 Å². The molecule has 0 aromatic rings. The molecule has 0 radical (unpaired) electrons. The van der Waals surface area contributed by atoms with E-state index in [1.165, 1.54) is 12.1 Å². The molecule has 1 amide bonds. The van der Waals surface area contributed by atoms with E-state index in [0.717, 1.165) is 32.4 Å². The number of hydrogen-bond acceptors (Lipinski definition) is 4. The number of likely N-dealkylation sites (N-methyl/N-ethyl adjacent to an activating group) is 1. The minimum atomic E-state index is -0.962. The van der Waals surface area contributed by atoms with Crippen LogP contribution in [0.5, 0.6) is 0 Å². The molecular formula is C11H23N3O3. The van der Waals surface area contributed by atoms with Crippen LogP contribution in [0.1, 0.15) is 32.6 Å². The Morgan fingerprint density at radius 3 is 2.53 bits per heavy atom. The molecule has 0 saturated heterocycles. The largest absolute Gasteiger partial charge is 0.480 e. The molecule has 0 aromatic heterocycles. The SMILES string of the molecule is CCCNCCCCC(=O)NN(C)CC(=O)O. The van der Waals surface area contributed by atoms with E-state index < -0.39 is 5.97 Å². The third-order valence-corrected chi connectivity index (χ3v) is 2.12. The van der Waals surface area contributed by atoms with Crippen molar-refractivity contribution in [3.63, 3.8) is 0 Å². The molecule has 0 aliphatic heterocycles. The fourth-order valence-electron chi connectivity index (χ4n) is 1.35. The van der Waals surface area contributed by atoms with Crippen molar-refractivity contribution in [2.45, 2.75) is 32.6 Å². The lowest BCUT2D eigenvalue weighted by Crippen LogP contribution is -2.42. The molecule has 100 valence electrons. The lowest BCUT2D eigenvalue weighted by molar-refractivity contribution is -0.139. The smallest absolute Gasteiger partial charge is 0.319 e. The Morgan fingerprint density at radius 1 is 1.24 bits per heavy atom. The van der Waals surface area contributed by atoms with E-state index in [4.69, 9.17) is 5.11 Å². The highest BCUT2D eigenvalue weighted by atomic mass is 16.4. The zero-order chi connectivity index (χ0) is 13.1. The third kappa shape index (κ3) is 11.1. The molecular weight excluding hydrogens is 222 g/mol. The van der Waals surface area contributed by atoms with E-state index in [9.17, 15) is 9.59 Å². The van der Waals surface area contributed by atoms with Gasteiger partial charge in [-0.2, -0.15) is 0 Å². The van der Waals surface area contributed by atoms with Gasteiger partial charge in [-0.05, 0) is 32.4 Å². The number of carboxylic acid groups (broad SMARTS) is 1. The van der Waals surface area contributed by atoms with Gasteiger partial charge in [0.2, 0.25) is 5.91 Å². The third-order valence-electron chi connectivity index (χ3n) is 2.12. The fraction of sp³-hybridized carbons (Fsp3) is 0.818. The van der Waals surface area contributed by atoms with E-state index in [2.05, 4.69) is 17.7 Å². The van der Waals surface area contributed by atoms with Gasteiger partial charge in [0.25, 0.3) is 0 Å². The van der Waals surface area contributed by atoms with Crippen molar-refractivity contribution in [3.05, 3.63) is 0 Å². The molecule has 6 nitrogen and oxygen atoms in total. The van der Waals surface area contributed by atoms with E-state index in [-0.39, 0.29) is 12.5 Å². The molecule has 0 aromatic carbocycles. The molecule has 0 bridgehead atoms. The fourth-order valence-corrected chi connectivity index (χ4v) is 1.35. The Morgan fingerprint density at radius 2 is 1.94 bits per heavy atom. The molecule has 0 spiro atoms. The molecule has 0 aliphatic carbocycles. The minimum Gasteiger partial charge on any atom is -0.480 e. The number of nitrogens with one attached hydrogen (secondary N) is 2. The first-order chi connectivity index (χ1) is 8.06. The Balaban J connectivity index is 3.43. The van der Waals surface area contributed by atoms with Crippen LogP contribution < -0.4 is 10.7 Å². The first-order valence-electron chi connectivity index (χ1n) is 5.99. The van der Waals surface area contributed by atoms with Crippen LogP contribution in [0.15, 0.2) is 0 Å². The van der Waals surface area contributed by atoms with Gasteiger partial charge < -0.3 is 10.4 Å². The van der Waals surface area contributed by atoms with Crippen LogP contribution in [0.25, 0.3) is 0 Å². The standard InChI is InChI=1S/C11H23N3O3/c1-3-7-12-8-5-4-6-10(15)13-14(2)9-11(16)17/h12H,3-9H2,1-2H3,(H,13,15)(H,16,17). The zero-order valence-electron chi connectivity index (χ0n) is 10.7. The molecule has 0 aliphatic rings. The molecule has 0 saturated carbocycles. The first kappa shape index (κ1) is 15.9. The maximum atomic E-state index is 11.4. The Kier molecular flexibility index (Phi) is 9.37. The summed E-state index contributed by atoms with van der Waals surface area (Å²) < 4.78 is 0. The molecule has 0 rings (SSSR count). The van der Waals surface area contributed by atoms with Crippen LogP contribution in [0.2, 0.25) is 0 Å². The Labute approximate surface area is 102 Å². The van der Waals surface area contributed by atoms with Crippen molar-refractivity contribution < 1.29 is 14.7 Å². The van der Waals surface area contributed by atoms with Crippen molar-refractivity contribution in [1.82, 2.24) is 15.8 Å². The molecule has 0 fully saturated rings. The van der Waals surface area contributed by atoms with Crippen LogP contribution in [-0.2, 0) is 9.59 Å². The summed E-state index contributed by atoms with van der Waals surface area (Å²) in [5, 5.41) is 13.0. The second kappa shape index (κ2) is 10.0. The van der Waals surface area contributed by atoms with Crippen LogP contribution >= 0.6 is 0 Å². The molecule has 0 unspecified atom stereocenters. The highest BCUT2D eigenvalue weighted by Gasteiger charge is 2.07. The van der Waals surface area contributed by atoms with Gasteiger partial charge in [0.15, 0.2) is 0 Å². The van der Waals surface area contributed by atoms with E-state index >= 15 is 0 Å². The maximum Gasteiger partial charge on any atom is 0.319 e. The molecule has 17 heavy (non-hydrogen) atoms. The topological polar surface area (TPSA) is 81.7 Å². The summed E-state index contributed by atoms with van der Waals surface area (Å²) in [7, 11) is 1.54. The van der Waals surface area contributed by atoms with Crippen molar-refractivity contribution in [2.24, 2.45) is 0 Å². The lowest BCUT2D eigenvalue weighted by atomic mass is 10.2. The molecule has 6 heteroatoms. The molecule has 0 atom stereocenters. The maximum absolute atomic E-state index is 11.4. The number of aliphatic carboxylic acids is 1. The van der Waals surface area contributed by atoms with Crippen LogP contribution in [0.3, 0.4) is 0 Å². The van der Waals surface area contributed by atoms with Gasteiger partial charge in [-0.15, -0.1) is 0 Å². The Bertz CT molecular complexity index is 234. The summed E-state index contributed by atoms with van der Waals surface area (Å²) in [4.78, 5) is 21.7. The normalized spacial score (nSPS) is 10.5. The monoisotopic (exact) mass is 245 g/mol. The van der Waals surface area contributed by atoms with Gasteiger partial charge in [0.1, 0.15) is 6.54 Å². The first-order valence-corrected chi connectivity index (χ1v) is 5.99. The molecule has 0 heterocycles. The number of unbranched alkanes of at least 4 members (excludes halogenated alkanes) is 1. The number of rotatable bonds is 10. The highest BCUT2D eigenvalue weighted by molar-refractivity contribution is 5.76. The van der Waals surface area contributed by atoms with Gasteiger partial charge >= 0.3 is 5.97 Å². The molecule has 3 N–H and O–H groups in total. The van der Waals surface area contributed by atoms with Gasteiger partial charge in [-0.25, -0.2) is 5.01 Å². The van der Waals surface area contributed by atoms with E-state index in [1.807, 2.05) is 0 Å². The number of hydrazine groups is 1. The Hall–Kier alpha value is -1.14. The average molecular weight is 245 g/mol. The summed E-state index contributed by atoms with van der Waals surface area (Å²) in [6, 6.07) is 0. The van der Waals surface area contributed by atoms with Gasteiger partial charge in [0, 0.05) is 13.5 Å². The number of carbonyl (C=O) groups excluding carboxylic acids is 1. The van der Waals surface area contributed by atoms with E-state index in [0.29, 0.717) is 6.42 Å². The summed E-state index contributed by atoms with van der Waals surface area (Å²) in [6.45, 7) is 3.85. The predicted octanol–water partition coefficient (Wildman–Crippen LogP) is 0.204. The number of hydrogen-bond donors (Lipinski definition) is 3. The predicted molar refractivity (Wildman–Crippen MR) is 65.4 cm³/mol. The van der Waals surface area contributed by atoms with Crippen LogP contribution in [0, 0.1) is 0 Å². The van der Waals surface area contributed by atoms with Gasteiger partial charge in [-0.1, -0.05) is 6.92 Å². The average Bonchev–Trinajstić information content (AvgIpc) is 2.21. The van der Waals surface area contributed by atoms with Crippen molar-refractivity contribution >= 4 is 11.9 Å². The van der Waals surface area contributed by atoms with Crippen LogP contribution in [0.4, 0.5) is 0 Å². The number of carbonyl (C=O) groups is 2. The van der Waals surface area contributed by atoms with Crippen molar-refractivity contribution in [3.8, 4) is 0 Å². The summed E-state index contributed by atoms with van der Waals surface area (Å²) in [5.74, 6) is -1.10. The minimum absolute atomic E-state index is 0.135. The number of nitrogens with zero attached hydrogens (tertiary/aromatic N) is 1. The second-order valence-corrected chi connectivity index (χ2v) is 3.99. The zero-order valence-corrected chi connectivity index (χ0v) is 10.7. The number of amides is 1. The quantitative estimate of drug-likeness (QED) is 0.378. The van der Waals surface area contributed by atoms with Gasteiger partial charge in [-0.3, -0.25) is 15.0 Å². The van der Waals surface area contributed by atoms with Gasteiger partial charge in [0.05, 0.1) is 0 Å². The summed E-state index contributed by atoms with van der Waals surface area (Å²) >= 11 is 0. The second-order valence-electron chi connectivity index (χ2n) is 3.99. The highest BCUT2D eigenvalue weighted by Crippen LogP contribution is 1.94. The lowest BCUT2D eigenvalue weighted by Gasteiger charge is -2.15. The number of carboxylic acids is 1. The van der Waals surface area contributed by atoms with Crippen molar-refractivity contribution in [2.75, 3.05) is 26.7 Å². The summed E-state index contributed by atoms with van der Waals surface area (Å²) in [5.41, 5.74) is 2.51. The van der Waals surface area contributed by atoms with Crippen molar-refractivity contribution in [1.29, 1.82) is 0 Å². The summed E-state index contributed by atoms with van der Waals surface area (Å²) in [6.07, 6.45) is 3.30. The van der Waals surface area contributed by atoms with E-state index in [1.54, 1.807) is 0 Å².